The van der Waals surface area contributed by atoms with Crippen molar-refractivity contribution < 1.29 is 24.2 Å². The number of carbonyl (C=O) groups is 3. The summed E-state index contributed by atoms with van der Waals surface area (Å²) in [6, 6.07) is 21.5. The Labute approximate surface area is 255 Å². The zero-order valence-electron chi connectivity index (χ0n) is 25.1. The van der Waals surface area contributed by atoms with Crippen molar-refractivity contribution in [1.82, 2.24) is 4.98 Å². The Morgan fingerprint density at radius 3 is 2.26 bits per heavy atom. The highest BCUT2D eigenvalue weighted by Crippen LogP contribution is 2.44. The number of aryl methyl sites for hydroxylation is 2. The Morgan fingerprint density at radius 1 is 1.00 bits per heavy atom. The summed E-state index contributed by atoms with van der Waals surface area (Å²) in [7, 11) is 0. The number of aliphatic hydroxyl groups excluding tert-OH is 1. The molecule has 1 amide bonds. The summed E-state index contributed by atoms with van der Waals surface area (Å²) < 4.78 is 5.92. The summed E-state index contributed by atoms with van der Waals surface area (Å²) in [5.74, 6) is -1.50. The van der Waals surface area contributed by atoms with Gasteiger partial charge in [-0.25, -0.2) is 4.98 Å². The third-order valence-corrected chi connectivity index (χ3v) is 8.72. The van der Waals surface area contributed by atoms with Gasteiger partial charge in [0.2, 0.25) is 0 Å². The third kappa shape index (κ3) is 6.01. The molecule has 0 spiro atoms. The molecule has 1 atom stereocenters. The number of benzene rings is 3. The zero-order chi connectivity index (χ0) is 31.1. The molecular formula is C35H34N2O5S. The van der Waals surface area contributed by atoms with Crippen LogP contribution in [0.25, 0.3) is 5.76 Å². The Bertz CT molecular complexity index is 1740. The molecule has 1 aromatic heterocycles. The van der Waals surface area contributed by atoms with Crippen LogP contribution in [0.5, 0.6) is 5.75 Å². The number of anilines is 1. The standard InChI is InChI=1S/C35H34N2O5S/c1-20-8-7-9-23(18-20)19-42-27-16-12-25(13-17-27)30(39)28-29(24-10-14-26(15-11-24)35(4,5)6)37(33(41)31(28)40)34-36-21(2)32(43-34)22(3)38/h7-18,29,39H,19H2,1-6H3/b30-28+. The lowest BCUT2D eigenvalue weighted by molar-refractivity contribution is -0.132. The lowest BCUT2D eigenvalue weighted by Gasteiger charge is -2.24. The number of Topliss-reactive ketones (excluding diaryl/α,β-unsaturated/α-hetero) is 2. The summed E-state index contributed by atoms with van der Waals surface area (Å²) in [4.78, 5) is 45.5. The first-order chi connectivity index (χ1) is 20.3. The highest BCUT2D eigenvalue weighted by Gasteiger charge is 2.48. The fourth-order valence-corrected chi connectivity index (χ4v) is 6.14. The van der Waals surface area contributed by atoms with Gasteiger partial charge in [0.05, 0.1) is 22.2 Å². The SMILES string of the molecule is CC(=O)c1sc(N2C(=O)C(=O)/C(=C(/O)c3ccc(OCc4cccc(C)c4)cc3)C2c2ccc(C(C)(C)C)cc2)nc1C. The van der Waals surface area contributed by atoms with Crippen molar-refractivity contribution >= 4 is 39.7 Å². The maximum atomic E-state index is 13.6. The van der Waals surface area contributed by atoms with Gasteiger partial charge in [-0.3, -0.25) is 19.3 Å². The van der Waals surface area contributed by atoms with Crippen LogP contribution in [-0.2, 0) is 21.6 Å². The van der Waals surface area contributed by atoms with E-state index in [1.165, 1.54) is 11.8 Å². The molecule has 0 aliphatic carbocycles. The van der Waals surface area contributed by atoms with Crippen LogP contribution in [0.2, 0.25) is 0 Å². The molecule has 1 N–H and O–H groups in total. The largest absolute Gasteiger partial charge is 0.507 e. The average Bonchev–Trinajstić information content (AvgIpc) is 3.48. The van der Waals surface area contributed by atoms with Crippen molar-refractivity contribution in [3.63, 3.8) is 0 Å². The molecule has 1 unspecified atom stereocenters. The first-order valence-electron chi connectivity index (χ1n) is 14.0. The van der Waals surface area contributed by atoms with Crippen LogP contribution < -0.4 is 9.64 Å². The molecule has 220 valence electrons. The molecule has 1 saturated heterocycles. The zero-order valence-corrected chi connectivity index (χ0v) is 25.9. The molecule has 43 heavy (non-hydrogen) atoms. The van der Waals surface area contributed by atoms with E-state index in [2.05, 4.69) is 31.8 Å². The van der Waals surface area contributed by atoms with Crippen LogP contribution in [0.4, 0.5) is 5.13 Å². The molecule has 1 aliphatic heterocycles. The van der Waals surface area contributed by atoms with Gasteiger partial charge in [0, 0.05) is 12.5 Å². The lowest BCUT2D eigenvalue weighted by Crippen LogP contribution is -2.29. The fourth-order valence-electron chi connectivity index (χ4n) is 5.16. The van der Waals surface area contributed by atoms with E-state index in [1.54, 1.807) is 31.2 Å². The Kier molecular flexibility index (Phi) is 8.08. The predicted molar refractivity (Wildman–Crippen MR) is 169 cm³/mol. The van der Waals surface area contributed by atoms with Crippen molar-refractivity contribution in [2.75, 3.05) is 4.90 Å². The number of aliphatic hydroxyl groups is 1. The number of aromatic nitrogens is 1. The number of carbonyl (C=O) groups excluding carboxylic acids is 3. The number of hydrogen-bond donors (Lipinski definition) is 1. The van der Waals surface area contributed by atoms with Gasteiger partial charge in [-0.1, -0.05) is 86.2 Å². The van der Waals surface area contributed by atoms with Crippen molar-refractivity contribution in [1.29, 1.82) is 0 Å². The normalized spacial score (nSPS) is 16.5. The number of rotatable bonds is 7. The minimum atomic E-state index is -0.934. The Balaban J connectivity index is 1.55. The quantitative estimate of drug-likeness (QED) is 0.103. The van der Waals surface area contributed by atoms with Crippen molar-refractivity contribution in [2.45, 2.75) is 59.6 Å². The Morgan fingerprint density at radius 2 is 1.67 bits per heavy atom. The topological polar surface area (TPSA) is 96.8 Å². The monoisotopic (exact) mass is 594 g/mol. The van der Waals surface area contributed by atoms with E-state index in [0.29, 0.717) is 34.1 Å². The number of ether oxygens (including phenoxy) is 1. The molecule has 4 aromatic rings. The highest BCUT2D eigenvalue weighted by atomic mass is 32.1. The third-order valence-electron chi connectivity index (χ3n) is 7.46. The smallest absolute Gasteiger partial charge is 0.301 e. The minimum absolute atomic E-state index is 0.0424. The summed E-state index contributed by atoms with van der Waals surface area (Å²) in [5.41, 5.74) is 4.61. The number of hydrogen-bond acceptors (Lipinski definition) is 7. The van der Waals surface area contributed by atoms with Crippen LogP contribution in [0, 0.1) is 13.8 Å². The van der Waals surface area contributed by atoms with Gasteiger partial charge < -0.3 is 9.84 Å². The molecule has 5 rings (SSSR count). The lowest BCUT2D eigenvalue weighted by atomic mass is 9.85. The van der Waals surface area contributed by atoms with Gasteiger partial charge in [-0.2, -0.15) is 0 Å². The van der Waals surface area contributed by atoms with Gasteiger partial charge in [-0.05, 0) is 60.2 Å². The van der Waals surface area contributed by atoms with E-state index in [0.717, 1.165) is 28.0 Å². The van der Waals surface area contributed by atoms with Gasteiger partial charge in [0.1, 0.15) is 18.1 Å². The van der Waals surface area contributed by atoms with Crippen LogP contribution in [0.1, 0.15) is 76.9 Å². The molecule has 0 saturated carbocycles. The number of nitrogens with zero attached hydrogens (tertiary/aromatic N) is 2. The second kappa shape index (κ2) is 11.6. The van der Waals surface area contributed by atoms with Crippen molar-refractivity contribution in [3.05, 3.63) is 117 Å². The van der Waals surface area contributed by atoms with E-state index < -0.39 is 17.7 Å². The molecule has 8 heteroatoms. The molecule has 1 aliphatic rings. The predicted octanol–water partition coefficient (Wildman–Crippen LogP) is 7.47. The van der Waals surface area contributed by atoms with Crippen molar-refractivity contribution in [2.24, 2.45) is 0 Å². The summed E-state index contributed by atoms with van der Waals surface area (Å²) in [6.07, 6.45) is 0. The second-order valence-electron chi connectivity index (χ2n) is 11.8. The molecular weight excluding hydrogens is 560 g/mol. The molecule has 1 fully saturated rings. The maximum Gasteiger partial charge on any atom is 0.301 e. The molecule has 0 radical (unpaired) electrons. The van der Waals surface area contributed by atoms with Crippen LogP contribution in [0.3, 0.4) is 0 Å². The van der Waals surface area contributed by atoms with Gasteiger partial charge in [0.25, 0.3) is 5.78 Å². The molecule has 0 bridgehead atoms. The number of ketones is 2. The van der Waals surface area contributed by atoms with Crippen molar-refractivity contribution in [3.8, 4) is 5.75 Å². The maximum absolute atomic E-state index is 13.6. The summed E-state index contributed by atoms with van der Waals surface area (Å²) in [6.45, 7) is 11.9. The molecule has 3 aromatic carbocycles. The fraction of sp³-hybridized carbons (Fsp3) is 0.257. The van der Waals surface area contributed by atoms with Gasteiger partial charge in [-0.15, -0.1) is 0 Å². The molecule has 7 nitrogen and oxygen atoms in total. The Hall–Kier alpha value is -4.56. The average molecular weight is 595 g/mol. The van der Waals surface area contributed by atoms with Crippen LogP contribution >= 0.6 is 11.3 Å². The second-order valence-corrected chi connectivity index (χ2v) is 12.8. The first kappa shape index (κ1) is 29.9. The van der Waals surface area contributed by atoms with Gasteiger partial charge >= 0.3 is 5.91 Å². The number of thiazole rings is 1. The van der Waals surface area contributed by atoms with Gasteiger partial charge in [0.15, 0.2) is 10.9 Å². The number of amides is 1. The highest BCUT2D eigenvalue weighted by molar-refractivity contribution is 7.18. The summed E-state index contributed by atoms with van der Waals surface area (Å²) in [5, 5.41) is 11.8. The van der Waals surface area contributed by atoms with Crippen LogP contribution in [-0.4, -0.2) is 27.6 Å². The van der Waals surface area contributed by atoms with E-state index >= 15 is 0 Å². The van der Waals surface area contributed by atoms with E-state index in [1.807, 2.05) is 49.4 Å². The van der Waals surface area contributed by atoms with E-state index in [4.69, 9.17) is 4.74 Å². The summed E-state index contributed by atoms with van der Waals surface area (Å²) >= 11 is 1.06. The minimum Gasteiger partial charge on any atom is -0.507 e. The molecule has 2 heterocycles. The first-order valence-corrected chi connectivity index (χ1v) is 14.9. The van der Waals surface area contributed by atoms with E-state index in [-0.39, 0.29) is 27.7 Å². The van der Waals surface area contributed by atoms with E-state index in [9.17, 15) is 19.5 Å². The van der Waals surface area contributed by atoms with Crippen LogP contribution in [0.15, 0.2) is 78.4 Å².